The van der Waals surface area contributed by atoms with Gasteiger partial charge in [0.1, 0.15) is 6.10 Å². The molecule has 0 saturated carbocycles. The van der Waals surface area contributed by atoms with E-state index in [2.05, 4.69) is 17.6 Å². The van der Waals surface area contributed by atoms with Crippen molar-refractivity contribution in [3.63, 3.8) is 0 Å². The van der Waals surface area contributed by atoms with Crippen LogP contribution in [0.2, 0.25) is 0 Å². The molecule has 1 heterocycles. The van der Waals surface area contributed by atoms with Crippen LogP contribution in [0, 0.1) is 0 Å². The van der Waals surface area contributed by atoms with Gasteiger partial charge in [-0.15, -0.1) is 0 Å². The Morgan fingerprint density at radius 2 is 2.10 bits per heavy atom. The molecule has 1 aromatic carbocycles. The summed E-state index contributed by atoms with van der Waals surface area (Å²) in [4.78, 5) is 12.0. The first-order chi connectivity index (χ1) is 9.79. The minimum atomic E-state index is -0.283. The van der Waals surface area contributed by atoms with E-state index in [0.29, 0.717) is 6.61 Å². The molecular weight excluding hydrogens is 252 g/mol. The standard InChI is InChI=1S/C16H24N2O2/c1-2-10-17-12-13-6-8-14(9-7-13)18-16(19)15-5-3-4-11-20-15/h6-9,15,17H,2-5,10-12H2,1H3,(H,18,19). The van der Waals surface area contributed by atoms with Gasteiger partial charge in [-0.1, -0.05) is 19.1 Å². The molecule has 2 rings (SSSR count). The Morgan fingerprint density at radius 3 is 2.75 bits per heavy atom. The zero-order valence-electron chi connectivity index (χ0n) is 12.2. The molecular formula is C16H24N2O2. The molecule has 20 heavy (non-hydrogen) atoms. The van der Waals surface area contributed by atoms with Crippen molar-refractivity contribution in [3.05, 3.63) is 29.8 Å². The molecule has 0 aromatic heterocycles. The number of carbonyl (C=O) groups excluding carboxylic acids is 1. The molecule has 1 amide bonds. The summed E-state index contributed by atoms with van der Waals surface area (Å²) in [5.74, 6) is -0.0263. The summed E-state index contributed by atoms with van der Waals surface area (Å²) in [5.41, 5.74) is 2.06. The summed E-state index contributed by atoms with van der Waals surface area (Å²) < 4.78 is 5.48. The molecule has 0 radical (unpaired) electrons. The van der Waals surface area contributed by atoms with E-state index in [1.165, 1.54) is 5.56 Å². The van der Waals surface area contributed by atoms with Crippen molar-refractivity contribution in [2.24, 2.45) is 0 Å². The Balaban J connectivity index is 1.81. The fraction of sp³-hybridized carbons (Fsp3) is 0.562. The van der Waals surface area contributed by atoms with Crippen LogP contribution in [-0.4, -0.2) is 25.2 Å². The monoisotopic (exact) mass is 276 g/mol. The number of ether oxygens (including phenoxy) is 1. The minimum Gasteiger partial charge on any atom is -0.368 e. The highest BCUT2D eigenvalue weighted by Crippen LogP contribution is 2.16. The molecule has 1 fully saturated rings. The van der Waals surface area contributed by atoms with Crippen LogP contribution in [0.25, 0.3) is 0 Å². The Labute approximate surface area is 120 Å². The van der Waals surface area contributed by atoms with Crippen LogP contribution in [0.5, 0.6) is 0 Å². The fourth-order valence-corrected chi connectivity index (χ4v) is 2.29. The second kappa shape index (κ2) is 8.02. The zero-order chi connectivity index (χ0) is 14.2. The lowest BCUT2D eigenvalue weighted by molar-refractivity contribution is -0.129. The molecule has 1 aromatic rings. The van der Waals surface area contributed by atoms with Crippen LogP contribution in [0.3, 0.4) is 0 Å². The van der Waals surface area contributed by atoms with Crippen LogP contribution in [0.15, 0.2) is 24.3 Å². The molecule has 1 saturated heterocycles. The van der Waals surface area contributed by atoms with Crippen LogP contribution < -0.4 is 10.6 Å². The molecule has 4 heteroatoms. The topological polar surface area (TPSA) is 50.4 Å². The predicted molar refractivity (Wildman–Crippen MR) is 80.7 cm³/mol. The summed E-state index contributed by atoms with van der Waals surface area (Å²) in [6, 6.07) is 7.98. The van der Waals surface area contributed by atoms with Crippen molar-refractivity contribution in [1.29, 1.82) is 0 Å². The molecule has 1 aliphatic rings. The van der Waals surface area contributed by atoms with Crippen molar-refractivity contribution < 1.29 is 9.53 Å². The molecule has 1 unspecified atom stereocenters. The van der Waals surface area contributed by atoms with Crippen molar-refractivity contribution in [3.8, 4) is 0 Å². The maximum atomic E-state index is 12.0. The predicted octanol–water partition coefficient (Wildman–Crippen LogP) is 2.69. The van der Waals surface area contributed by atoms with Crippen molar-refractivity contribution >= 4 is 11.6 Å². The van der Waals surface area contributed by atoms with Gasteiger partial charge >= 0.3 is 0 Å². The normalized spacial score (nSPS) is 18.8. The number of nitrogens with one attached hydrogen (secondary N) is 2. The molecule has 110 valence electrons. The highest BCUT2D eigenvalue weighted by Gasteiger charge is 2.21. The molecule has 0 spiro atoms. The number of benzene rings is 1. The highest BCUT2D eigenvalue weighted by molar-refractivity contribution is 5.94. The summed E-state index contributed by atoms with van der Waals surface area (Å²) in [7, 11) is 0. The second-order valence-electron chi connectivity index (χ2n) is 5.22. The Bertz CT molecular complexity index is 411. The molecule has 1 atom stereocenters. The third-order valence-corrected chi connectivity index (χ3v) is 3.45. The van der Waals surface area contributed by atoms with E-state index < -0.39 is 0 Å². The van der Waals surface area contributed by atoms with Gasteiger partial charge in [-0.2, -0.15) is 0 Å². The van der Waals surface area contributed by atoms with Crippen LogP contribution in [0.1, 0.15) is 38.2 Å². The number of hydrogen-bond acceptors (Lipinski definition) is 3. The lowest BCUT2D eigenvalue weighted by Gasteiger charge is -2.21. The first-order valence-electron chi connectivity index (χ1n) is 7.51. The number of rotatable bonds is 6. The van der Waals surface area contributed by atoms with Gasteiger partial charge in [0, 0.05) is 18.8 Å². The molecule has 0 bridgehead atoms. The molecule has 0 aliphatic carbocycles. The fourth-order valence-electron chi connectivity index (χ4n) is 2.29. The zero-order valence-corrected chi connectivity index (χ0v) is 12.2. The summed E-state index contributed by atoms with van der Waals surface area (Å²) >= 11 is 0. The van der Waals surface area contributed by atoms with Gasteiger partial charge in [-0.05, 0) is 49.9 Å². The average molecular weight is 276 g/mol. The van der Waals surface area contributed by atoms with Gasteiger partial charge in [0.2, 0.25) is 0 Å². The van der Waals surface area contributed by atoms with E-state index in [4.69, 9.17) is 4.74 Å². The summed E-state index contributed by atoms with van der Waals surface area (Å²) in [6.07, 6.45) is 3.80. The lowest BCUT2D eigenvalue weighted by Crippen LogP contribution is -2.33. The van der Waals surface area contributed by atoms with Gasteiger partial charge in [0.25, 0.3) is 5.91 Å². The first kappa shape index (κ1) is 15.0. The largest absolute Gasteiger partial charge is 0.368 e. The minimum absolute atomic E-state index is 0.0263. The average Bonchev–Trinajstić information content (AvgIpc) is 2.50. The molecule has 1 aliphatic heterocycles. The molecule has 2 N–H and O–H groups in total. The van der Waals surface area contributed by atoms with Gasteiger partial charge in [0.05, 0.1) is 0 Å². The van der Waals surface area contributed by atoms with E-state index in [0.717, 1.165) is 44.5 Å². The van der Waals surface area contributed by atoms with Gasteiger partial charge in [-0.25, -0.2) is 0 Å². The van der Waals surface area contributed by atoms with Crippen LogP contribution in [0.4, 0.5) is 5.69 Å². The van der Waals surface area contributed by atoms with Crippen molar-refractivity contribution in [2.75, 3.05) is 18.5 Å². The van der Waals surface area contributed by atoms with Gasteiger partial charge in [0.15, 0.2) is 0 Å². The quantitative estimate of drug-likeness (QED) is 0.785. The third-order valence-electron chi connectivity index (χ3n) is 3.45. The highest BCUT2D eigenvalue weighted by atomic mass is 16.5. The first-order valence-corrected chi connectivity index (χ1v) is 7.51. The summed E-state index contributed by atoms with van der Waals surface area (Å²) in [5, 5.41) is 6.28. The number of hydrogen-bond donors (Lipinski definition) is 2. The SMILES string of the molecule is CCCNCc1ccc(NC(=O)C2CCCCO2)cc1. The maximum absolute atomic E-state index is 12.0. The van der Waals surface area contributed by atoms with E-state index in [1.54, 1.807) is 0 Å². The van der Waals surface area contributed by atoms with Gasteiger partial charge < -0.3 is 15.4 Å². The maximum Gasteiger partial charge on any atom is 0.253 e. The van der Waals surface area contributed by atoms with E-state index in [-0.39, 0.29) is 12.0 Å². The number of carbonyl (C=O) groups is 1. The smallest absolute Gasteiger partial charge is 0.253 e. The Hall–Kier alpha value is -1.39. The number of anilines is 1. The molecule has 4 nitrogen and oxygen atoms in total. The van der Waals surface area contributed by atoms with Gasteiger partial charge in [-0.3, -0.25) is 4.79 Å². The van der Waals surface area contributed by atoms with Crippen LogP contribution in [-0.2, 0) is 16.1 Å². The lowest BCUT2D eigenvalue weighted by atomic mass is 10.1. The van der Waals surface area contributed by atoms with E-state index >= 15 is 0 Å². The Kier molecular flexibility index (Phi) is 6.02. The Morgan fingerprint density at radius 1 is 1.30 bits per heavy atom. The van der Waals surface area contributed by atoms with Crippen LogP contribution >= 0.6 is 0 Å². The third kappa shape index (κ3) is 4.62. The van der Waals surface area contributed by atoms with Crippen molar-refractivity contribution in [1.82, 2.24) is 5.32 Å². The van der Waals surface area contributed by atoms with E-state index in [9.17, 15) is 4.79 Å². The second-order valence-corrected chi connectivity index (χ2v) is 5.22. The number of amides is 1. The summed E-state index contributed by atoms with van der Waals surface area (Å²) in [6.45, 7) is 4.74. The van der Waals surface area contributed by atoms with E-state index in [1.807, 2.05) is 24.3 Å². The van der Waals surface area contributed by atoms with Crippen molar-refractivity contribution in [2.45, 2.75) is 45.3 Å².